The van der Waals surface area contributed by atoms with Crippen LogP contribution in [0.4, 0.5) is 27.1 Å². The van der Waals surface area contributed by atoms with Crippen molar-refractivity contribution in [2.45, 2.75) is 0 Å². The van der Waals surface area contributed by atoms with E-state index in [0.29, 0.717) is 5.69 Å². The molecule has 0 saturated carbocycles. The molecule has 1 fully saturated rings. The fourth-order valence-corrected chi connectivity index (χ4v) is 3.66. The van der Waals surface area contributed by atoms with Crippen molar-refractivity contribution in [2.75, 3.05) is 55.9 Å². The second kappa shape index (κ2) is 9.70. The number of H-pyrrole nitrogens is 1. The lowest BCUT2D eigenvalue weighted by atomic mass is 10.2. The van der Waals surface area contributed by atoms with Crippen LogP contribution < -0.4 is 25.8 Å². The molecule has 1 saturated heterocycles. The third kappa shape index (κ3) is 4.96. The van der Waals surface area contributed by atoms with E-state index in [9.17, 15) is 14.0 Å². The number of aromatic amines is 1. The Balaban J connectivity index is 1.54. The SMILES string of the molecule is COc1ccnc(F)c1Nc1cc[nH]c(=O)c1C(=O)Nc1ccc(N2CCN(C)CC2)cc1. The molecule has 0 unspecified atom stereocenters. The van der Waals surface area contributed by atoms with E-state index in [1.807, 2.05) is 12.1 Å². The Morgan fingerprint density at radius 3 is 2.55 bits per heavy atom. The van der Waals surface area contributed by atoms with Gasteiger partial charge in [-0.2, -0.15) is 4.39 Å². The fourth-order valence-electron chi connectivity index (χ4n) is 3.66. The van der Waals surface area contributed by atoms with Gasteiger partial charge in [-0.15, -0.1) is 0 Å². The number of likely N-dealkylation sites (N-methyl/N-ethyl adjacent to an activating group) is 1. The van der Waals surface area contributed by atoms with E-state index in [-0.39, 0.29) is 22.7 Å². The second-order valence-corrected chi connectivity index (χ2v) is 7.69. The van der Waals surface area contributed by atoms with Crippen LogP contribution in [0.1, 0.15) is 10.4 Å². The quantitative estimate of drug-likeness (QED) is 0.494. The van der Waals surface area contributed by atoms with Gasteiger partial charge >= 0.3 is 0 Å². The van der Waals surface area contributed by atoms with E-state index < -0.39 is 17.4 Å². The van der Waals surface area contributed by atoms with Gasteiger partial charge in [-0.3, -0.25) is 9.59 Å². The van der Waals surface area contributed by atoms with Crippen molar-refractivity contribution in [1.29, 1.82) is 0 Å². The van der Waals surface area contributed by atoms with Crippen molar-refractivity contribution < 1.29 is 13.9 Å². The number of anilines is 4. The number of rotatable bonds is 6. The topological polar surface area (TPSA) is 103 Å². The summed E-state index contributed by atoms with van der Waals surface area (Å²) in [5, 5.41) is 5.51. The lowest BCUT2D eigenvalue weighted by Gasteiger charge is -2.34. The number of piperazine rings is 1. The molecule has 33 heavy (non-hydrogen) atoms. The summed E-state index contributed by atoms with van der Waals surface area (Å²) in [5.41, 5.74) is 0.852. The normalized spacial score (nSPS) is 14.1. The molecule has 3 aromatic rings. The minimum absolute atomic E-state index is 0.0730. The maximum Gasteiger partial charge on any atom is 0.263 e. The summed E-state index contributed by atoms with van der Waals surface area (Å²) < 4.78 is 19.4. The number of nitrogens with one attached hydrogen (secondary N) is 3. The largest absolute Gasteiger partial charge is 0.494 e. The molecular weight excluding hydrogens is 427 g/mol. The number of hydrogen-bond donors (Lipinski definition) is 3. The van der Waals surface area contributed by atoms with Gasteiger partial charge in [-0.1, -0.05) is 0 Å². The third-order valence-corrected chi connectivity index (χ3v) is 5.53. The summed E-state index contributed by atoms with van der Waals surface area (Å²) in [6.07, 6.45) is 2.63. The van der Waals surface area contributed by atoms with Crippen LogP contribution in [0.5, 0.6) is 5.75 Å². The number of halogens is 1. The van der Waals surface area contributed by atoms with Gasteiger partial charge in [0.05, 0.1) is 12.8 Å². The van der Waals surface area contributed by atoms with E-state index in [4.69, 9.17) is 4.74 Å². The summed E-state index contributed by atoms with van der Waals surface area (Å²) in [5.74, 6) is -1.26. The summed E-state index contributed by atoms with van der Waals surface area (Å²) >= 11 is 0. The van der Waals surface area contributed by atoms with Crippen molar-refractivity contribution in [1.82, 2.24) is 14.9 Å². The number of ether oxygens (including phenoxy) is 1. The zero-order valence-electron chi connectivity index (χ0n) is 18.4. The second-order valence-electron chi connectivity index (χ2n) is 7.69. The highest BCUT2D eigenvalue weighted by molar-refractivity contribution is 6.08. The van der Waals surface area contributed by atoms with E-state index >= 15 is 0 Å². The van der Waals surface area contributed by atoms with Crippen LogP contribution in [0.25, 0.3) is 0 Å². The van der Waals surface area contributed by atoms with Crippen LogP contribution in [-0.4, -0.2) is 61.1 Å². The Labute approximate surface area is 190 Å². The lowest BCUT2D eigenvalue weighted by molar-refractivity contribution is 0.102. The van der Waals surface area contributed by atoms with Crippen LogP contribution in [0.3, 0.4) is 0 Å². The summed E-state index contributed by atoms with van der Waals surface area (Å²) in [6, 6.07) is 10.4. The van der Waals surface area contributed by atoms with Gasteiger partial charge in [0.15, 0.2) is 0 Å². The maximum absolute atomic E-state index is 14.3. The molecule has 1 aliphatic heterocycles. The monoisotopic (exact) mass is 452 g/mol. The molecule has 1 aliphatic rings. The standard InChI is InChI=1S/C23H25FN6O3/c1-29-11-13-30(14-12-29)16-5-3-15(4-6-16)27-23(32)19-17(7-9-26-22(19)31)28-20-18(33-2)8-10-25-21(20)24/h3-10H,11-14H2,1-2H3,(H,27,32)(H2,26,28,31). The molecule has 3 heterocycles. The Morgan fingerprint density at radius 2 is 1.85 bits per heavy atom. The van der Waals surface area contributed by atoms with E-state index in [0.717, 1.165) is 31.9 Å². The van der Waals surface area contributed by atoms with E-state index in [2.05, 4.69) is 37.4 Å². The molecule has 9 nitrogen and oxygen atoms in total. The highest BCUT2D eigenvalue weighted by Crippen LogP contribution is 2.30. The van der Waals surface area contributed by atoms with Crippen molar-refractivity contribution in [3.05, 3.63) is 70.7 Å². The minimum Gasteiger partial charge on any atom is -0.494 e. The Hall–Kier alpha value is -3.92. The van der Waals surface area contributed by atoms with Gasteiger partial charge in [0.2, 0.25) is 5.95 Å². The van der Waals surface area contributed by atoms with E-state index in [1.165, 1.54) is 31.6 Å². The molecule has 3 N–H and O–H groups in total. The summed E-state index contributed by atoms with van der Waals surface area (Å²) in [7, 11) is 3.49. The number of nitrogens with zero attached hydrogens (tertiary/aromatic N) is 3. The third-order valence-electron chi connectivity index (χ3n) is 5.53. The molecule has 10 heteroatoms. The van der Waals surface area contributed by atoms with Crippen LogP contribution in [-0.2, 0) is 0 Å². The first-order valence-electron chi connectivity index (χ1n) is 10.5. The minimum atomic E-state index is -0.819. The molecule has 0 radical (unpaired) electrons. The number of carbonyl (C=O) groups excluding carboxylic acids is 1. The first-order valence-corrected chi connectivity index (χ1v) is 10.5. The number of pyridine rings is 2. The highest BCUT2D eigenvalue weighted by atomic mass is 19.1. The predicted molar refractivity (Wildman–Crippen MR) is 125 cm³/mol. The number of hydrogen-bond acceptors (Lipinski definition) is 7. The number of carbonyl (C=O) groups is 1. The van der Waals surface area contributed by atoms with Gasteiger partial charge < -0.3 is 30.2 Å². The Bertz CT molecular complexity index is 1190. The average molecular weight is 452 g/mol. The first-order chi connectivity index (χ1) is 16.0. The number of amides is 1. The Kier molecular flexibility index (Phi) is 6.55. The molecule has 0 atom stereocenters. The maximum atomic E-state index is 14.3. The van der Waals surface area contributed by atoms with Gasteiger partial charge in [-0.05, 0) is 37.4 Å². The van der Waals surface area contributed by atoms with Crippen LogP contribution in [0, 0.1) is 5.95 Å². The van der Waals surface area contributed by atoms with Gasteiger partial charge in [0.25, 0.3) is 11.5 Å². The van der Waals surface area contributed by atoms with Crippen LogP contribution in [0.15, 0.2) is 53.6 Å². The molecule has 1 aromatic carbocycles. The zero-order valence-corrected chi connectivity index (χ0v) is 18.4. The fraction of sp³-hybridized carbons (Fsp3) is 0.261. The summed E-state index contributed by atoms with van der Waals surface area (Å²) in [4.78, 5) is 36.1. The van der Waals surface area contributed by atoms with Crippen LogP contribution >= 0.6 is 0 Å². The predicted octanol–water partition coefficient (Wildman–Crippen LogP) is 2.67. The van der Waals surface area contributed by atoms with Gasteiger partial charge in [0, 0.05) is 56.0 Å². The van der Waals surface area contributed by atoms with Crippen molar-refractivity contribution in [3.8, 4) is 5.75 Å². The Morgan fingerprint density at radius 1 is 1.12 bits per heavy atom. The number of benzene rings is 1. The molecule has 1 amide bonds. The number of methoxy groups -OCH3 is 1. The molecule has 4 rings (SSSR count). The van der Waals surface area contributed by atoms with Crippen molar-refractivity contribution >= 4 is 28.7 Å². The molecule has 0 bridgehead atoms. The lowest BCUT2D eigenvalue weighted by Crippen LogP contribution is -2.44. The van der Waals surface area contributed by atoms with Crippen LogP contribution in [0.2, 0.25) is 0 Å². The summed E-state index contributed by atoms with van der Waals surface area (Å²) in [6.45, 7) is 3.86. The molecule has 172 valence electrons. The number of aromatic nitrogens is 2. The van der Waals surface area contributed by atoms with Gasteiger partial charge in [-0.25, -0.2) is 4.98 Å². The van der Waals surface area contributed by atoms with Crippen molar-refractivity contribution in [3.63, 3.8) is 0 Å². The molecule has 2 aromatic heterocycles. The molecular formula is C23H25FN6O3. The molecule has 0 spiro atoms. The smallest absolute Gasteiger partial charge is 0.263 e. The highest BCUT2D eigenvalue weighted by Gasteiger charge is 2.20. The van der Waals surface area contributed by atoms with Crippen molar-refractivity contribution in [2.24, 2.45) is 0 Å². The molecule has 0 aliphatic carbocycles. The average Bonchev–Trinajstić information content (AvgIpc) is 2.81. The zero-order chi connectivity index (χ0) is 23.4. The first kappa shape index (κ1) is 22.3. The van der Waals surface area contributed by atoms with E-state index in [1.54, 1.807) is 12.1 Å². The van der Waals surface area contributed by atoms with Gasteiger partial charge in [0.1, 0.15) is 17.0 Å².